The molecule has 5 heteroatoms. The maximum atomic E-state index is 10.8. The normalized spacial score (nSPS) is 15.9. The molecule has 1 saturated heterocycles. The van der Waals surface area contributed by atoms with E-state index in [2.05, 4.69) is 58.4 Å². The van der Waals surface area contributed by atoms with E-state index in [1.165, 1.54) is 21.0 Å². The summed E-state index contributed by atoms with van der Waals surface area (Å²) in [6, 6.07) is 31.5. The van der Waals surface area contributed by atoms with Crippen LogP contribution in [-0.4, -0.2) is 47.3 Å². The largest absolute Gasteiger partial charge is 0.490 e. The number of para-hydroxylation sites is 2. The molecule has 4 aromatic carbocycles. The summed E-state index contributed by atoms with van der Waals surface area (Å²) in [5.41, 5.74) is 3.46. The van der Waals surface area contributed by atoms with Crippen molar-refractivity contribution < 1.29 is 9.84 Å². The van der Waals surface area contributed by atoms with Crippen LogP contribution in [0.5, 0.6) is 5.75 Å². The van der Waals surface area contributed by atoms with Gasteiger partial charge in [-0.25, -0.2) is 4.98 Å². The first-order valence-electron chi connectivity index (χ1n) is 13.4. The standard InChI is InChI=1S/C33H32N2O2S/c36-27(22-35-20-18-25(19-21-35)29-12-7-10-24-8-1-3-11-28(24)29)23-37-31-14-5-2-9-26(31)16-17-33-34-30-13-4-6-15-32(30)38-33/h1-17,25,27,36H,18-23H2/t27-/m0/s1. The minimum Gasteiger partial charge on any atom is -0.490 e. The number of aromatic nitrogens is 1. The lowest BCUT2D eigenvalue weighted by Gasteiger charge is -2.33. The molecule has 2 heterocycles. The smallest absolute Gasteiger partial charge is 0.126 e. The predicted molar refractivity (Wildman–Crippen MR) is 159 cm³/mol. The van der Waals surface area contributed by atoms with Gasteiger partial charge in [-0.05, 0) is 78.5 Å². The molecule has 1 aromatic heterocycles. The Labute approximate surface area is 227 Å². The molecule has 6 rings (SSSR count). The SMILES string of the molecule is O[C@H](COc1ccccc1C=Cc1nc2ccccc2s1)CN1CCC(c2cccc3ccccc23)CC1. The maximum absolute atomic E-state index is 10.8. The average Bonchev–Trinajstić information content (AvgIpc) is 3.39. The van der Waals surface area contributed by atoms with Crippen molar-refractivity contribution in [3.05, 3.63) is 107 Å². The van der Waals surface area contributed by atoms with Gasteiger partial charge in [-0.3, -0.25) is 0 Å². The molecule has 1 aliphatic rings. The van der Waals surface area contributed by atoms with Gasteiger partial charge in [-0.2, -0.15) is 0 Å². The molecule has 38 heavy (non-hydrogen) atoms. The minimum atomic E-state index is -0.537. The fourth-order valence-corrected chi connectivity index (χ4v) is 6.31. The van der Waals surface area contributed by atoms with Crippen molar-refractivity contribution in [3.63, 3.8) is 0 Å². The Balaban J connectivity index is 1.03. The van der Waals surface area contributed by atoms with Gasteiger partial charge in [0.15, 0.2) is 0 Å². The number of nitrogens with zero attached hydrogens (tertiary/aromatic N) is 2. The predicted octanol–water partition coefficient (Wildman–Crippen LogP) is 7.24. The molecule has 0 unspecified atom stereocenters. The number of thiazole rings is 1. The maximum Gasteiger partial charge on any atom is 0.126 e. The van der Waals surface area contributed by atoms with Gasteiger partial charge < -0.3 is 14.7 Å². The second-order valence-corrected chi connectivity index (χ2v) is 11.1. The second kappa shape index (κ2) is 11.5. The van der Waals surface area contributed by atoms with Crippen LogP contribution < -0.4 is 4.74 Å². The molecule has 5 aromatic rings. The molecule has 0 spiro atoms. The lowest BCUT2D eigenvalue weighted by Crippen LogP contribution is -2.40. The van der Waals surface area contributed by atoms with Gasteiger partial charge in [0.05, 0.1) is 10.2 Å². The van der Waals surface area contributed by atoms with E-state index in [0.717, 1.165) is 47.8 Å². The summed E-state index contributed by atoms with van der Waals surface area (Å²) in [6.07, 6.45) is 5.76. The van der Waals surface area contributed by atoms with Crippen LogP contribution in [0.4, 0.5) is 0 Å². The average molecular weight is 521 g/mol. The molecule has 4 nitrogen and oxygen atoms in total. The number of ether oxygens (including phenoxy) is 1. The van der Waals surface area contributed by atoms with Crippen molar-refractivity contribution in [2.45, 2.75) is 24.9 Å². The van der Waals surface area contributed by atoms with Crippen molar-refractivity contribution in [2.24, 2.45) is 0 Å². The molecule has 1 N–H and O–H groups in total. The number of fused-ring (bicyclic) bond motifs is 2. The number of benzene rings is 4. The van der Waals surface area contributed by atoms with E-state index in [9.17, 15) is 5.11 Å². The van der Waals surface area contributed by atoms with E-state index >= 15 is 0 Å². The van der Waals surface area contributed by atoms with E-state index in [-0.39, 0.29) is 6.61 Å². The van der Waals surface area contributed by atoms with Crippen molar-refractivity contribution in [1.82, 2.24) is 9.88 Å². The van der Waals surface area contributed by atoms with Crippen LogP contribution in [-0.2, 0) is 0 Å². The zero-order valence-electron chi connectivity index (χ0n) is 21.4. The molecule has 1 fully saturated rings. The molecule has 192 valence electrons. The number of piperidine rings is 1. The van der Waals surface area contributed by atoms with Crippen LogP contribution in [0, 0.1) is 0 Å². The number of aliphatic hydroxyl groups excluding tert-OH is 1. The molecule has 0 radical (unpaired) electrons. The summed E-state index contributed by atoms with van der Waals surface area (Å²) in [6.45, 7) is 2.89. The third-order valence-electron chi connectivity index (χ3n) is 7.39. The number of rotatable bonds is 8. The highest BCUT2D eigenvalue weighted by Crippen LogP contribution is 2.33. The van der Waals surface area contributed by atoms with E-state index < -0.39 is 6.10 Å². The Bertz CT molecular complexity index is 1510. The van der Waals surface area contributed by atoms with Crippen LogP contribution in [0.2, 0.25) is 0 Å². The van der Waals surface area contributed by atoms with Crippen molar-refractivity contribution in [1.29, 1.82) is 0 Å². The highest BCUT2D eigenvalue weighted by molar-refractivity contribution is 7.19. The summed E-state index contributed by atoms with van der Waals surface area (Å²) in [7, 11) is 0. The van der Waals surface area contributed by atoms with Crippen molar-refractivity contribution in [3.8, 4) is 5.75 Å². The monoisotopic (exact) mass is 520 g/mol. The molecule has 1 atom stereocenters. The van der Waals surface area contributed by atoms with Crippen molar-refractivity contribution in [2.75, 3.05) is 26.2 Å². The van der Waals surface area contributed by atoms with Gasteiger partial charge in [0.2, 0.25) is 0 Å². The molecule has 0 saturated carbocycles. The number of hydrogen-bond donors (Lipinski definition) is 1. The van der Waals surface area contributed by atoms with Crippen LogP contribution >= 0.6 is 11.3 Å². The lowest BCUT2D eigenvalue weighted by molar-refractivity contribution is 0.0594. The van der Waals surface area contributed by atoms with Gasteiger partial charge in [0.1, 0.15) is 23.5 Å². The van der Waals surface area contributed by atoms with E-state index in [0.29, 0.717) is 12.5 Å². The lowest BCUT2D eigenvalue weighted by atomic mass is 9.86. The third kappa shape index (κ3) is 5.65. The molecule has 0 amide bonds. The molecule has 0 bridgehead atoms. The summed E-state index contributed by atoms with van der Waals surface area (Å²) in [5.74, 6) is 1.35. The van der Waals surface area contributed by atoms with E-state index in [1.54, 1.807) is 11.3 Å². The Morgan fingerprint density at radius 1 is 0.895 bits per heavy atom. The number of aliphatic hydroxyl groups is 1. The molecule has 1 aliphatic heterocycles. The number of hydrogen-bond acceptors (Lipinski definition) is 5. The summed E-state index contributed by atoms with van der Waals surface area (Å²) < 4.78 is 7.26. The Hall–Kier alpha value is -3.51. The first-order valence-corrected chi connectivity index (χ1v) is 14.2. The zero-order chi connectivity index (χ0) is 25.7. The summed E-state index contributed by atoms with van der Waals surface area (Å²) >= 11 is 1.67. The van der Waals surface area contributed by atoms with E-state index in [4.69, 9.17) is 4.74 Å². The Morgan fingerprint density at radius 3 is 2.55 bits per heavy atom. The minimum absolute atomic E-state index is 0.273. The highest BCUT2D eigenvalue weighted by Gasteiger charge is 2.23. The van der Waals surface area contributed by atoms with Gasteiger partial charge >= 0.3 is 0 Å². The second-order valence-electron chi connectivity index (χ2n) is 10.00. The topological polar surface area (TPSA) is 45.6 Å². The summed E-state index contributed by atoms with van der Waals surface area (Å²) in [5, 5.41) is 14.4. The van der Waals surface area contributed by atoms with Gasteiger partial charge in [-0.1, -0.05) is 72.8 Å². The van der Waals surface area contributed by atoms with Gasteiger partial charge in [0, 0.05) is 12.1 Å². The third-order valence-corrected chi connectivity index (χ3v) is 8.39. The molecule has 0 aliphatic carbocycles. The number of likely N-dealkylation sites (tertiary alicyclic amines) is 1. The number of β-amino-alcohol motifs (C(OH)–C–C–N with tert-alkyl or cyclic N) is 1. The Kier molecular flexibility index (Phi) is 7.49. The van der Waals surface area contributed by atoms with Crippen LogP contribution in [0.25, 0.3) is 33.1 Å². The zero-order valence-corrected chi connectivity index (χ0v) is 22.2. The Morgan fingerprint density at radius 2 is 1.66 bits per heavy atom. The first kappa shape index (κ1) is 24.8. The molecular weight excluding hydrogens is 488 g/mol. The van der Waals surface area contributed by atoms with Gasteiger partial charge in [0.25, 0.3) is 0 Å². The van der Waals surface area contributed by atoms with Crippen LogP contribution in [0.15, 0.2) is 91.0 Å². The quantitative estimate of drug-likeness (QED) is 0.234. The first-order chi connectivity index (χ1) is 18.7. The van der Waals surface area contributed by atoms with Crippen LogP contribution in [0.1, 0.15) is 34.9 Å². The van der Waals surface area contributed by atoms with Gasteiger partial charge in [-0.15, -0.1) is 11.3 Å². The van der Waals surface area contributed by atoms with Crippen molar-refractivity contribution >= 4 is 44.5 Å². The van der Waals surface area contributed by atoms with E-state index in [1.807, 2.05) is 54.6 Å². The molecular formula is C33H32N2O2S. The fraction of sp³-hybridized carbons (Fsp3) is 0.242. The fourth-order valence-electron chi connectivity index (χ4n) is 5.44. The highest BCUT2D eigenvalue weighted by atomic mass is 32.1. The van der Waals surface area contributed by atoms with Crippen LogP contribution in [0.3, 0.4) is 0 Å². The summed E-state index contributed by atoms with van der Waals surface area (Å²) in [4.78, 5) is 7.05.